The third-order valence-electron chi connectivity index (χ3n) is 5.79. The maximum absolute atomic E-state index is 13.2. The molecule has 4 rings (SSSR count). The molecule has 162 valence electrons. The van der Waals surface area contributed by atoms with Crippen molar-refractivity contribution in [3.63, 3.8) is 0 Å². The number of carbonyl (C=O) groups excluding carboxylic acids is 2. The van der Waals surface area contributed by atoms with E-state index in [1.54, 1.807) is 31.4 Å². The third-order valence-corrected chi connectivity index (χ3v) is 5.79. The van der Waals surface area contributed by atoms with Gasteiger partial charge in [-0.25, -0.2) is 0 Å². The fourth-order valence-electron chi connectivity index (χ4n) is 4.12. The predicted octanol–water partition coefficient (Wildman–Crippen LogP) is 5.19. The summed E-state index contributed by atoms with van der Waals surface area (Å²) in [6, 6.07) is 21.2. The number of methoxy groups -OCH3 is 1. The molecule has 0 spiro atoms. The van der Waals surface area contributed by atoms with Gasteiger partial charge in [-0.15, -0.1) is 0 Å². The number of nitrogens with zero attached hydrogens (tertiary/aromatic N) is 1. The first-order valence-electron chi connectivity index (χ1n) is 10.6. The lowest BCUT2D eigenvalue weighted by Gasteiger charge is -2.27. The number of carbonyl (C=O) groups is 2. The van der Waals surface area contributed by atoms with Gasteiger partial charge in [0.25, 0.3) is 11.7 Å². The summed E-state index contributed by atoms with van der Waals surface area (Å²) >= 11 is 0. The highest BCUT2D eigenvalue weighted by molar-refractivity contribution is 6.51. The zero-order valence-electron chi connectivity index (χ0n) is 18.3. The summed E-state index contributed by atoms with van der Waals surface area (Å²) in [4.78, 5) is 27.9. The van der Waals surface area contributed by atoms with Crippen LogP contribution in [0.3, 0.4) is 0 Å². The monoisotopic (exact) mass is 427 g/mol. The van der Waals surface area contributed by atoms with E-state index in [1.807, 2.05) is 62.4 Å². The molecule has 0 aliphatic carbocycles. The molecule has 1 atom stereocenters. The summed E-state index contributed by atoms with van der Waals surface area (Å²) in [6.45, 7) is 3.97. The number of hydrogen-bond donors (Lipinski definition) is 1. The number of hydrogen-bond acceptors (Lipinski definition) is 4. The number of rotatable bonds is 5. The molecule has 0 aromatic heterocycles. The number of para-hydroxylation sites is 1. The van der Waals surface area contributed by atoms with Gasteiger partial charge in [-0.3, -0.25) is 14.5 Å². The Hall–Kier alpha value is -3.86. The van der Waals surface area contributed by atoms with Crippen molar-refractivity contribution in [3.8, 4) is 5.75 Å². The van der Waals surface area contributed by atoms with Gasteiger partial charge in [0, 0.05) is 16.8 Å². The van der Waals surface area contributed by atoms with E-state index in [9.17, 15) is 14.7 Å². The van der Waals surface area contributed by atoms with Gasteiger partial charge in [-0.2, -0.15) is 0 Å². The SMILES string of the molecule is CCc1ccc(/C(O)=C2\C(=O)C(=O)N(c3cccc(C)c3)C2c2ccccc2OC)cc1. The Morgan fingerprint density at radius 1 is 1.00 bits per heavy atom. The highest BCUT2D eigenvalue weighted by Crippen LogP contribution is 2.44. The number of aliphatic hydroxyl groups is 1. The van der Waals surface area contributed by atoms with Crippen molar-refractivity contribution in [1.82, 2.24) is 0 Å². The lowest BCUT2D eigenvalue weighted by Crippen LogP contribution is -2.29. The lowest BCUT2D eigenvalue weighted by molar-refractivity contribution is -0.132. The van der Waals surface area contributed by atoms with Crippen molar-refractivity contribution in [2.24, 2.45) is 0 Å². The van der Waals surface area contributed by atoms with Crippen LogP contribution >= 0.6 is 0 Å². The molecule has 1 aliphatic rings. The van der Waals surface area contributed by atoms with Crippen LogP contribution in [0.4, 0.5) is 5.69 Å². The fourth-order valence-corrected chi connectivity index (χ4v) is 4.12. The minimum atomic E-state index is -0.821. The van der Waals surface area contributed by atoms with Crippen molar-refractivity contribution in [1.29, 1.82) is 0 Å². The second-order valence-electron chi connectivity index (χ2n) is 7.80. The molecule has 1 N–H and O–H groups in total. The normalized spacial score (nSPS) is 17.6. The molecule has 1 aliphatic heterocycles. The molecule has 1 unspecified atom stereocenters. The average molecular weight is 428 g/mol. The molecule has 32 heavy (non-hydrogen) atoms. The quantitative estimate of drug-likeness (QED) is 0.346. The number of amides is 1. The van der Waals surface area contributed by atoms with Gasteiger partial charge in [0.1, 0.15) is 11.5 Å². The average Bonchev–Trinajstić information content (AvgIpc) is 3.09. The van der Waals surface area contributed by atoms with Gasteiger partial charge < -0.3 is 9.84 Å². The summed E-state index contributed by atoms with van der Waals surface area (Å²) < 4.78 is 5.55. The Balaban J connectivity index is 1.96. The largest absolute Gasteiger partial charge is 0.507 e. The zero-order valence-corrected chi connectivity index (χ0v) is 18.3. The summed E-state index contributed by atoms with van der Waals surface area (Å²) in [5, 5.41) is 11.2. The Bertz CT molecular complexity index is 1210. The molecule has 1 fully saturated rings. The molecule has 0 saturated carbocycles. The zero-order chi connectivity index (χ0) is 22.8. The number of anilines is 1. The van der Waals surface area contributed by atoms with Crippen LogP contribution in [0.2, 0.25) is 0 Å². The maximum atomic E-state index is 13.2. The molecule has 1 heterocycles. The van der Waals surface area contributed by atoms with Crippen molar-refractivity contribution < 1.29 is 19.4 Å². The van der Waals surface area contributed by atoms with E-state index in [2.05, 4.69) is 0 Å². The van der Waals surface area contributed by atoms with Crippen molar-refractivity contribution in [2.75, 3.05) is 12.0 Å². The van der Waals surface area contributed by atoms with Gasteiger partial charge in [0.15, 0.2) is 0 Å². The van der Waals surface area contributed by atoms with Crippen LogP contribution in [0.5, 0.6) is 5.75 Å². The van der Waals surface area contributed by atoms with E-state index in [4.69, 9.17) is 4.74 Å². The van der Waals surface area contributed by atoms with Crippen LogP contribution in [0.1, 0.15) is 35.2 Å². The molecule has 0 bridgehead atoms. The van der Waals surface area contributed by atoms with Crippen LogP contribution in [-0.2, 0) is 16.0 Å². The molecular formula is C27H25NO4. The van der Waals surface area contributed by atoms with Crippen LogP contribution < -0.4 is 9.64 Å². The first-order valence-corrected chi connectivity index (χ1v) is 10.6. The maximum Gasteiger partial charge on any atom is 0.300 e. The second kappa shape index (κ2) is 8.71. The number of ketones is 1. The van der Waals surface area contributed by atoms with E-state index in [0.29, 0.717) is 22.6 Å². The first kappa shape index (κ1) is 21.4. The molecule has 3 aromatic rings. The highest BCUT2D eigenvalue weighted by Gasteiger charge is 2.47. The molecule has 1 amide bonds. The second-order valence-corrected chi connectivity index (χ2v) is 7.80. The van der Waals surface area contributed by atoms with Gasteiger partial charge in [0.2, 0.25) is 0 Å². The van der Waals surface area contributed by atoms with Gasteiger partial charge >= 0.3 is 0 Å². The minimum absolute atomic E-state index is 0.0465. The topological polar surface area (TPSA) is 66.8 Å². The summed E-state index contributed by atoms with van der Waals surface area (Å²) in [7, 11) is 1.54. The van der Waals surface area contributed by atoms with Crippen LogP contribution in [0, 0.1) is 6.92 Å². The standard InChI is InChI=1S/C27H25NO4/c1-4-18-12-14-19(15-13-18)25(29)23-24(21-10-5-6-11-22(21)32-3)28(27(31)26(23)30)20-9-7-8-17(2)16-20/h5-16,24,29H,4H2,1-3H3/b25-23+. The van der Waals surface area contributed by atoms with E-state index in [-0.39, 0.29) is 11.3 Å². The van der Waals surface area contributed by atoms with Gasteiger partial charge in [-0.1, -0.05) is 61.5 Å². The van der Waals surface area contributed by atoms with Crippen molar-refractivity contribution >= 4 is 23.1 Å². The minimum Gasteiger partial charge on any atom is -0.507 e. The van der Waals surface area contributed by atoms with Crippen molar-refractivity contribution in [3.05, 3.63) is 101 Å². The van der Waals surface area contributed by atoms with E-state index >= 15 is 0 Å². The van der Waals surface area contributed by atoms with E-state index in [0.717, 1.165) is 17.5 Å². The molecule has 3 aromatic carbocycles. The Kier molecular flexibility index (Phi) is 5.82. The van der Waals surface area contributed by atoms with Crippen LogP contribution in [0.15, 0.2) is 78.4 Å². The Labute approximate surface area is 187 Å². The summed E-state index contributed by atoms with van der Waals surface area (Å²) in [6.07, 6.45) is 0.861. The molecular weight excluding hydrogens is 402 g/mol. The Morgan fingerprint density at radius 2 is 1.72 bits per heavy atom. The van der Waals surface area contributed by atoms with Crippen LogP contribution in [-0.4, -0.2) is 23.9 Å². The number of benzene rings is 3. The van der Waals surface area contributed by atoms with Crippen LogP contribution in [0.25, 0.3) is 5.76 Å². The lowest BCUT2D eigenvalue weighted by atomic mass is 9.94. The predicted molar refractivity (Wildman–Crippen MR) is 125 cm³/mol. The number of Topliss-reactive ketones (excluding diaryl/α,β-unsaturated/α-hetero) is 1. The number of aliphatic hydroxyl groups excluding tert-OH is 1. The number of ether oxygens (including phenoxy) is 1. The molecule has 1 saturated heterocycles. The molecule has 5 heteroatoms. The molecule has 0 radical (unpaired) electrons. The first-order chi connectivity index (χ1) is 15.5. The summed E-state index contributed by atoms with van der Waals surface area (Å²) in [5.74, 6) is -1.07. The van der Waals surface area contributed by atoms with Crippen molar-refractivity contribution in [2.45, 2.75) is 26.3 Å². The van der Waals surface area contributed by atoms with E-state index < -0.39 is 17.7 Å². The van der Waals surface area contributed by atoms with Gasteiger partial charge in [-0.05, 0) is 42.7 Å². The summed E-state index contributed by atoms with van der Waals surface area (Å²) in [5.41, 5.74) is 3.82. The van der Waals surface area contributed by atoms with E-state index in [1.165, 1.54) is 4.90 Å². The fraction of sp³-hybridized carbons (Fsp3) is 0.185. The third kappa shape index (κ3) is 3.66. The number of aryl methyl sites for hydroxylation is 2. The molecule has 5 nitrogen and oxygen atoms in total. The van der Waals surface area contributed by atoms with Gasteiger partial charge in [0.05, 0.1) is 18.7 Å². The Morgan fingerprint density at radius 3 is 2.38 bits per heavy atom. The highest BCUT2D eigenvalue weighted by atomic mass is 16.5. The smallest absolute Gasteiger partial charge is 0.300 e.